The van der Waals surface area contributed by atoms with Crippen molar-refractivity contribution in [1.82, 2.24) is 5.16 Å². The average Bonchev–Trinajstić information content (AvgIpc) is 2.84. The van der Waals surface area contributed by atoms with Crippen molar-refractivity contribution in [3.63, 3.8) is 0 Å². The second kappa shape index (κ2) is 5.32. The fourth-order valence-corrected chi connectivity index (χ4v) is 1.33. The standard InChI is InChI=1S/C12H13NO3/c1-14-8-9-15-11-4-2-10(3-5-11)12-6-7-16-13-12/h2-7H,8-9H2,1H3. The third-order valence-electron chi connectivity index (χ3n) is 2.14. The Bertz CT molecular complexity index is 408. The van der Waals surface area contributed by atoms with Gasteiger partial charge in [-0.1, -0.05) is 5.16 Å². The van der Waals surface area contributed by atoms with Gasteiger partial charge in [0, 0.05) is 18.7 Å². The fraction of sp³-hybridized carbons (Fsp3) is 0.250. The highest BCUT2D eigenvalue weighted by Crippen LogP contribution is 2.20. The number of aromatic nitrogens is 1. The third kappa shape index (κ3) is 2.61. The van der Waals surface area contributed by atoms with Crippen LogP contribution in [0.2, 0.25) is 0 Å². The molecule has 0 saturated carbocycles. The molecule has 0 aliphatic rings. The van der Waals surface area contributed by atoms with Crippen molar-refractivity contribution in [2.75, 3.05) is 20.3 Å². The minimum absolute atomic E-state index is 0.555. The van der Waals surface area contributed by atoms with Crippen LogP contribution in [-0.2, 0) is 4.74 Å². The molecule has 0 spiro atoms. The molecule has 4 heteroatoms. The summed E-state index contributed by atoms with van der Waals surface area (Å²) in [6, 6.07) is 9.51. The maximum atomic E-state index is 5.45. The van der Waals surface area contributed by atoms with E-state index in [9.17, 15) is 0 Å². The molecule has 4 nitrogen and oxygen atoms in total. The van der Waals surface area contributed by atoms with E-state index in [0.29, 0.717) is 13.2 Å². The lowest BCUT2D eigenvalue weighted by molar-refractivity contribution is 0.146. The summed E-state index contributed by atoms with van der Waals surface area (Å²) in [5, 5.41) is 3.86. The van der Waals surface area contributed by atoms with Crippen LogP contribution in [0.1, 0.15) is 0 Å². The van der Waals surface area contributed by atoms with Gasteiger partial charge in [0.15, 0.2) is 0 Å². The normalized spacial score (nSPS) is 10.3. The quantitative estimate of drug-likeness (QED) is 0.724. The Morgan fingerprint density at radius 3 is 2.56 bits per heavy atom. The molecule has 0 amide bonds. The third-order valence-corrected chi connectivity index (χ3v) is 2.14. The fourth-order valence-electron chi connectivity index (χ4n) is 1.33. The lowest BCUT2D eigenvalue weighted by Gasteiger charge is -2.05. The lowest BCUT2D eigenvalue weighted by atomic mass is 10.1. The van der Waals surface area contributed by atoms with Crippen LogP contribution >= 0.6 is 0 Å². The van der Waals surface area contributed by atoms with Crippen molar-refractivity contribution >= 4 is 0 Å². The summed E-state index contributed by atoms with van der Waals surface area (Å²) in [6.07, 6.45) is 1.55. The molecule has 16 heavy (non-hydrogen) atoms. The van der Waals surface area contributed by atoms with Gasteiger partial charge in [0.25, 0.3) is 0 Å². The Balaban J connectivity index is 2.00. The number of rotatable bonds is 5. The minimum Gasteiger partial charge on any atom is -0.491 e. The Morgan fingerprint density at radius 2 is 1.94 bits per heavy atom. The van der Waals surface area contributed by atoms with Gasteiger partial charge in [0.2, 0.25) is 0 Å². The molecule has 0 N–H and O–H groups in total. The van der Waals surface area contributed by atoms with Crippen LogP contribution in [0, 0.1) is 0 Å². The zero-order valence-electron chi connectivity index (χ0n) is 9.05. The van der Waals surface area contributed by atoms with Gasteiger partial charge in [0.1, 0.15) is 24.3 Å². The highest BCUT2D eigenvalue weighted by atomic mass is 16.5. The van der Waals surface area contributed by atoms with Crippen LogP contribution < -0.4 is 4.74 Å². The SMILES string of the molecule is COCCOc1ccc(-c2ccon2)cc1. The molecule has 2 rings (SSSR count). The summed E-state index contributed by atoms with van der Waals surface area (Å²) in [7, 11) is 1.65. The number of hydrogen-bond acceptors (Lipinski definition) is 4. The van der Waals surface area contributed by atoms with E-state index >= 15 is 0 Å². The Morgan fingerprint density at radius 1 is 1.12 bits per heavy atom. The maximum Gasteiger partial charge on any atom is 0.124 e. The van der Waals surface area contributed by atoms with Gasteiger partial charge in [-0.2, -0.15) is 0 Å². The van der Waals surface area contributed by atoms with Gasteiger partial charge in [-0.15, -0.1) is 0 Å². The van der Waals surface area contributed by atoms with Crippen LogP contribution in [0.3, 0.4) is 0 Å². The summed E-state index contributed by atoms with van der Waals surface area (Å²) in [4.78, 5) is 0. The first kappa shape index (κ1) is 10.7. The van der Waals surface area contributed by atoms with E-state index in [0.717, 1.165) is 17.0 Å². The van der Waals surface area contributed by atoms with E-state index in [1.54, 1.807) is 13.4 Å². The summed E-state index contributed by atoms with van der Waals surface area (Å²) >= 11 is 0. The van der Waals surface area contributed by atoms with Crippen LogP contribution in [0.4, 0.5) is 0 Å². The summed E-state index contributed by atoms with van der Waals surface area (Å²) < 4.78 is 15.1. The number of benzene rings is 1. The molecule has 1 aromatic carbocycles. The van der Waals surface area contributed by atoms with Crippen LogP contribution in [-0.4, -0.2) is 25.5 Å². The van der Waals surface area contributed by atoms with E-state index < -0.39 is 0 Å². The zero-order chi connectivity index (χ0) is 11.2. The second-order valence-electron chi connectivity index (χ2n) is 3.25. The lowest BCUT2D eigenvalue weighted by Crippen LogP contribution is -2.03. The second-order valence-corrected chi connectivity index (χ2v) is 3.25. The zero-order valence-corrected chi connectivity index (χ0v) is 9.05. The molecule has 0 bridgehead atoms. The molecule has 1 aromatic heterocycles. The maximum absolute atomic E-state index is 5.45. The molecule has 0 atom stereocenters. The van der Waals surface area contributed by atoms with Crippen LogP contribution in [0.5, 0.6) is 5.75 Å². The predicted octanol–water partition coefficient (Wildman–Crippen LogP) is 2.37. The van der Waals surface area contributed by atoms with E-state index in [1.165, 1.54) is 0 Å². The van der Waals surface area contributed by atoms with Gasteiger partial charge in [-0.05, 0) is 24.3 Å². The predicted molar refractivity (Wildman–Crippen MR) is 59.3 cm³/mol. The van der Waals surface area contributed by atoms with E-state index in [-0.39, 0.29) is 0 Å². The molecule has 0 aliphatic carbocycles. The van der Waals surface area contributed by atoms with Gasteiger partial charge in [0.05, 0.1) is 6.61 Å². The number of ether oxygens (including phenoxy) is 2. The van der Waals surface area contributed by atoms with Crippen molar-refractivity contribution in [3.05, 3.63) is 36.6 Å². The van der Waals surface area contributed by atoms with Crippen LogP contribution in [0.25, 0.3) is 11.3 Å². The van der Waals surface area contributed by atoms with Crippen molar-refractivity contribution in [3.8, 4) is 17.0 Å². The number of hydrogen-bond donors (Lipinski definition) is 0. The van der Waals surface area contributed by atoms with Gasteiger partial charge in [-0.3, -0.25) is 0 Å². The first-order valence-corrected chi connectivity index (χ1v) is 5.02. The average molecular weight is 219 g/mol. The first-order chi connectivity index (χ1) is 7.90. The Kier molecular flexibility index (Phi) is 3.56. The van der Waals surface area contributed by atoms with Crippen molar-refractivity contribution in [2.45, 2.75) is 0 Å². The largest absolute Gasteiger partial charge is 0.491 e. The summed E-state index contributed by atoms with van der Waals surface area (Å²) in [6.45, 7) is 1.14. The van der Waals surface area contributed by atoms with Gasteiger partial charge in [-0.25, -0.2) is 0 Å². The summed E-state index contributed by atoms with van der Waals surface area (Å²) in [5.41, 5.74) is 1.83. The van der Waals surface area contributed by atoms with Gasteiger partial charge < -0.3 is 14.0 Å². The highest BCUT2D eigenvalue weighted by Gasteiger charge is 2.01. The summed E-state index contributed by atoms with van der Waals surface area (Å²) in [5.74, 6) is 0.823. The van der Waals surface area contributed by atoms with Crippen molar-refractivity contribution in [1.29, 1.82) is 0 Å². The van der Waals surface area contributed by atoms with Gasteiger partial charge >= 0.3 is 0 Å². The Hall–Kier alpha value is -1.81. The highest BCUT2D eigenvalue weighted by molar-refractivity contribution is 5.58. The number of nitrogens with zero attached hydrogens (tertiary/aromatic N) is 1. The topological polar surface area (TPSA) is 44.5 Å². The monoisotopic (exact) mass is 219 g/mol. The van der Waals surface area contributed by atoms with Crippen molar-refractivity contribution < 1.29 is 14.0 Å². The molecule has 0 unspecified atom stereocenters. The first-order valence-electron chi connectivity index (χ1n) is 5.02. The van der Waals surface area contributed by atoms with E-state index in [1.807, 2.05) is 30.3 Å². The Labute approximate surface area is 93.8 Å². The molecule has 0 fully saturated rings. The molecular weight excluding hydrogens is 206 g/mol. The molecule has 0 radical (unpaired) electrons. The van der Waals surface area contributed by atoms with E-state index in [2.05, 4.69) is 5.16 Å². The number of methoxy groups -OCH3 is 1. The van der Waals surface area contributed by atoms with E-state index in [4.69, 9.17) is 14.0 Å². The van der Waals surface area contributed by atoms with Crippen LogP contribution in [0.15, 0.2) is 41.1 Å². The molecular formula is C12H13NO3. The minimum atomic E-state index is 0.555. The molecule has 1 heterocycles. The van der Waals surface area contributed by atoms with Crippen molar-refractivity contribution in [2.24, 2.45) is 0 Å². The smallest absolute Gasteiger partial charge is 0.124 e. The molecule has 0 aliphatic heterocycles. The molecule has 2 aromatic rings. The molecule has 84 valence electrons. The molecule has 0 saturated heterocycles.